The van der Waals surface area contributed by atoms with Gasteiger partial charge in [0, 0.05) is 0 Å². The summed E-state index contributed by atoms with van der Waals surface area (Å²) in [6.45, 7) is 4.76. The Hall–Kier alpha value is -0.690. The second kappa shape index (κ2) is 2.42. The van der Waals surface area contributed by atoms with Crippen LogP contribution in [0.3, 0.4) is 0 Å². The van der Waals surface area contributed by atoms with Crippen LogP contribution in [0.5, 0.6) is 0 Å². The van der Waals surface area contributed by atoms with Crippen LogP contribution in [0.2, 0.25) is 13.6 Å². The van der Waals surface area contributed by atoms with E-state index >= 15 is 0 Å². The van der Waals surface area contributed by atoms with Crippen LogP contribution >= 0.6 is 0 Å². The fraction of sp³-hybridized carbons (Fsp3) is 0.250. The molecule has 1 aromatic carbocycles. The van der Waals surface area contributed by atoms with Crippen LogP contribution in [0, 0.1) is 0 Å². The Morgan fingerprint density at radius 2 is 1.45 bits per heavy atom. The molecule has 0 N–H and O–H groups in total. The molecule has 0 amide bonds. The third-order valence-corrected chi connectivity index (χ3v) is 2.28. The zero-order valence-electron chi connectivity index (χ0n) is 6.87. The minimum absolute atomic E-state index is 0.279. The maximum atomic E-state index is 5.63. The van der Waals surface area contributed by atoms with Gasteiger partial charge in [-0.1, -0.05) is 48.8 Å². The van der Waals surface area contributed by atoms with E-state index in [2.05, 4.69) is 37.9 Å². The fourth-order valence-corrected chi connectivity index (χ4v) is 1.70. The molecule has 1 aromatic rings. The standard InChI is InChI=1S/C8H10B2O/c1-9-7-5-3-4-6-8(7)10(2)11-9/h3-6H,1-2H3. The molecule has 0 saturated heterocycles. The summed E-state index contributed by atoms with van der Waals surface area (Å²) in [6, 6.07) is 8.42. The molecule has 0 aliphatic carbocycles. The van der Waals surface area contributed by atoms with E-state index < -0.39 is 0 Å². The van der Waals surface area contributed by atoms with Crippen molar-refractivity contribution in [1.82, 2.24) is 0 Å². The van der Waals surface area contributed by atoms with Crippen molar-refractivity contribution in [1.29, 1.82) is 0 Å². The van der Waals surface area contributed by atoms with Gasteiger partial charge in [-0.3, -0.25) is 0 Å². The van der Waals surface area contributed by atoms with Crippen molar-refractivity contribution in [3.8, 4) is 0 Å². The zero-order valence-corrected chi connectivity index (χ0v) is 6.87. The van der Waals surface area contributed by atoms with Gasteiger partial charge in [0.25, 0.3) is 0 Å². The van der Waals surface area contributed by atoms with Crippen LogP contribution in [0.4, 0.5) is 0 Å². The minimum atomic E-state index is 0.279. The molecule has 54 valence electrons. The van der Waals surface area contributed by atoms with Crippen molar-refractivity contribution < 1.29 is 4.57 Å². The summed E-state index contributed by atoms with van der Waals surface area (Å²) in [5, 5.41) is 0. The molecular formula is C8H10B2O. The molecule has 0 radical (unpaired) electrons. The Morgan fingerprint density at radius 3 is 1.91 bits per heavy atom. The summed E-state index contributed by atoms with van der Waals surface area (Å²) < 4.78 is 5.63. The summed E-state index contributed by atoms with van der Waals surface area (Å²) >= 11 is 0. The Labute approximate surface area is 68.0 Å². The Bertz CT molecular complexity index is 248. The van der Waals surface area contributed by atoms with E-state index in [-0.39, 0.29) is 13.8 Å². The highest BCUT2D eigenvalue weighted by molar-refractivity contribution is 6.89. The summed E-state index contributed by atoms with van der Waals surface area (Å²) in [5.41, 5.74) is 2.69. The van der Waals surface area contributed by atoms with E-state index in [1.54, 1.807) is 0 Å². The van der Waals surface area contributed by atoms with Crippen LogP contribution in [-0.4, -0.2) is 13.8 Å². The number of fused-ring (bicyclic) bond motifs is 1. The number of rotatable bonds is 0. The van der Waals surface area contributed by atoms with Gasteiger partial charge >= 0.3 is 13.8 Å². The highest BCUT2D eigenvalue weighted by Crippen LogP contribution is 2.01. The van der Waals surface area contributed by atoms with E-state index in [9.17, 15) is 0 Å². The van der Waals surface area contributed by atoms with Crippen molar-refractivity contribution in [3.05, 3.63) is 24.3 Å². The number of benzene rings is 1. The lowest BCUT2D eigenvalue weighted by atomic mass is 9.60. The summed E-state index contributed by atoms with van der Waals surface area (Å²) in [6.07, 6.45) is 0. The van der Waals surface area contributed by atoms with Gasteiger partial charge in [-0.25, -0.2) is 0 Å². The van der Waals surface area contributed by atoms with Crippen molar-refractivity contribution in [2.75, 3.05) is 0 Å². The van der Waals surface area contributed by atoms with E-state index in [0.29, 0.717) is 0 Å². The minimum Gasteiger partial charge on any atom is -0.491 e. The smallest absolute Gasteiger partial charge is 0.307 e. The lowest BCUT2D eigenvalue weighted by Crippen LogP contribution is -2.32. The highest BCUT2D eigenvalue weighted by atomic mass is 16.4. The normalized spacial score (nSPS) is 15.5. The molecule has 2 rings (SSSR count). The SMILES string of the molecule is CB1OB(C)c2ccccc21. The Kier molecular flexibility index (Phi) is 1.53. The van der Waals surface area contributed by atoms with Crippen LogP contribution in [0.25, 0.3) is 0 Å². The quantitative estimate of drug-likeness (QED) is 0.478. The highest BCUT2D eigenvalue weighted by Gasteiger charge is 2.30. The van der Waals surface area contributed by atoms with Gasteiger partial charge in [-0.2, -0.15) is 0 Å². The molecule has 0 spiro atoms. The van der Waals surface area contributed by atoms with Crippen LogP contribution in [0.1, 0.15) is 0 Å². The summed E-state index contributed by atoms with van der Waals surface area (Å²) in [4.78, 5) is 0. The third kappa shape index (κ3) is 0.999. The topological polar surface area (TPSA) is 9.23 Å². The molecule has 1 aliphatic rings. The van der Waals surface area contributed by atoms with Gasteiger partial charge < -0.3 is 4.57 Å². The van der Waals surface area contributed by atoms with Crippen LogP contribution < -0.4 is 10.9 Å². The largest absolute Gasteiger partial charge is 0.491 e. The second-order valence-electron chi connectivity index (χ2n) is 3.05. The van der Waals surface area contributed by atoms with Gasteiger partial charge in [0.15, 0.2) is 0 Å². The molecule has 0 saturated carbocycles. The average Bonchev–Trinajstić information content (AvgIpc) is 2.30. The number of hydrogen-bond acceptors (Lipinski definition) is 1. The first-order valence-electron chi connectivity index (χ1n) is 4.03. The molecule has 3 heteroatoms. The molecule has 11 heavy (non-hydrogen) atoms. The lowest BCUT2D eigenvalue weighted by Gasteiger charge is -1.98. The average molecular weight is 144 g/mol. The molecule has 1 nitrogen and oxygen atoms in total. The summed E-state index contributed by atoms with van der Waals surface area (Å²) in [5.74, 6) is 0. The van der Waals surface area contributed by atoms with Crippen molar-refractivity contribution in [2.45, 2.75) is 13.6 Å². The predicted octanol–water partition coefficient (Wildman–Crippen LogP) is 0.373. The van der Waals surface area contributed by atoms with Gasteiger partial charge in [0.1, 0.15) is 0 Å². The molecule has 0 unspecified atom stereocenters. The fourth-order valence-electron chi connectivity index (χ4n) is 1.70. The van der Waals surface area contributed by atoms with E-state index in [1.807, 2.05) is 0 Å². The monoisotopic (exact) mass is 144 g/mol. The zero-order chi connectivity index (χ0) is 7.84. The molecular weight excluding hydrogens is 134 g/mol. The van der Waals surface area contributed by atoms with Gasteiger partial charge in [-0.15, -0.1) is 0 Å². The number of hydrogen-bond donors (Lipinski definition) is 0. The van der Waals surface area contributed by atoms with Crippen LogP contribution in [0.15, 0.2) is 24.3 Å². The lowest BCUT2D eigenvalue weighted by molar-refractivity contribution is 0.630. The molecule has 0 bridgehead atoms. The van der Waals surface area contributed by atoms with E-state index in [0.717, 1.165) is 0 Å². The molecule has 0 fully saturated rings. The first kappa shape index (κ1) is 6.99. The molecule has 0 atom stereocenters. The van der Waals surface area contributed by atoms with Crippen molar-refractivity contribution in [3.63, 3.8) is 0 Å². The molecule has 1 aliphatic heterocycles. The Morgan fingerprint density at radius 1 is 1.00 bits per heavy atom. The first-order valence-corrected chi connectivity index (χ1v) is 4.03. The molecule has 0 aromatic heterocycles. The maximum absolute atomic E-state index is 5.63. The molecule has 1 heterocycles. The van der Waals surface area contributed by atoms with E-state index in [1.165, 1.54) is 10.9 Å². The first-order chi connectivity index (χ1) is 5.29. The van der Waals surface area contributed by atoms with Crippen LogP contribution in [-0.2, 0) is 4.57 Å². The van der Waals surface area contributed by atoms with Gasteiger partial charge in [-0.05, 0) is 0 Å². The second-order valence-corrected chi connectivity index (χ2v) is 3.05. The van der Waals surface area contributed by atoms with Gasteiger partial charge in [0.2, 0.25) is 0 Å². The van der Waals surface area contributed by atoms with Gasteiger partial charge in [0.05, 0.1) is 0 Å². The van der Waals surface area contributed by atoms with Crippen molar-refractivity contribution in [2.24, 2.45) is 0 Å². The maximum Gasteiger partial charge on any atom is 0.307 e. The van der Waals surface area contributed by atoms with E-state index in [4.69, 9.17) is 4.57 Å². The third-order valence-electron chi connectivity index (χ3n) is 2.28. The predicted molar refractivity (Wildman–Crippen MR) is 50.0 cm³/mol. The Balaban J connectivity index is 2.52. The summed E-state index contributed by atoms with van der Waals surface area (Å²) in [7, 11) is 0. The van der Waals surface area contributed by atoms with Crippen molar-refractivity contribution >= 4 is 24.8 Å².